The predicted molar refractivity (Wildman–Crippen MR) is 105 cm³/mol. The zero-order valence-electron chi connectivity index (χ0n) is 14.9. The summed E-state index contributed by atoms with van der Waals surface area (Å²) < 4.78 is 2.10. The molecule has 0 atom stereocenters. The van der Waals surface area contributed by atoms with Gasteiger partial charge in [-0.2, -0.15) is 0 Å². The Bertz CT molecular complexity index is 964. The largest absolute Gasteiger partial charge is 0.356 e. The van der Waals surface area contributed by atoms with Gasteiger partial charge in [-0.25, -0.2) is 9.97 Å². The average Bonchev–Trinajstić information content (AvgIpc) is 3.39. The third-order valence-corrected chi connectivity index (χ3v) is 5.52. The zero-order valence-corrected chi connectivity index (χ0v) is 15.7. The summed E-state index contributed by atoms with van der Waals surface area (Å²) in [6.45, 7) is 2.13. The van der Waals surface area contributed by atoms with Gasteiger partial charge >= 0.3 is 0 Å². The molecule has 1 fully saturated rings. The van der Waals surface area contributed by atoms with E-state index in [1.165, 1.54) is 11.3 Å². The van der Waals surface area contributed by atoms with Crippen LogP contribution in [0, 0.1) is 0 Å². The first-order chi connectivity index (χ1) is 13.2. The first-order valence-electron chi connectivity index (χ1n) is 9.12. The van der Waals surface area contributed by atoms with Gasteiger partial charge in [-0.1, -0.05) is 12.1 Å². The van der Waals surface area contributed by atoms with Crippen molar-refractivity contribution in [1.29, 1.82) is 0 Å². The van der Waals surface area contributed by atoms with Crippen molar-refractivity contribution in [3.8, 4) is 0 Å². The fraction of sp³-hybridized carbons (Fsp3) is 0.368. The minimum Gasteiger partial charge on any atom is -0.356 e. The molecule has 0 bridgehead atoms. The zero-order chi connectivity index (χ0) is 18.6. The Morgan fingerprint density at radius 1 is 1.30 bits per heavy atom. The van der Waals surface area contributed by atoms with E-state index in [1.807, 2.05) is 36.0 Å². The molecular weight excluding hydrogens is 362 g/mol. The monoisotopic (exact) mass is 383 g/mol. The lowest BCUT2D eigenvalue weighted by Gasteiger charge is -2.10. The van der Waals surface area contributed by atoms with Crippen molar-refractivity contribution in [1.82, 2.24) is 19.9 Å². The highest BCUT2D eigenvalue weighted by molar-refractivity contribution is 7.14. The van der Waals surface area contributed by atoms with Gasteiger partial charge in [-0.05, 0) is 25.0 Å². The molecule has 8 heteroatoms. The number of thiazole rings is 1. The highest BCUT2D eigenvalue weighted by Gasteiger charge is 2.24. The Hall–Kier alpha value is -2.74. The van der Waals surface area contributed by atoms with Crippen LogP contribution in [0.1, 0.15) is 25.0 Å². The van der Waals surface area contributed by atoms with Crippen LogP contribution in [0.5, 0.6) is 0 Å². The molecule has 1 aliphatic heterocycles. The van der Waals surface area contributed by atoms with E-state index < -0.39 is 0 Å². The molecule has 0 radical (unpaired) electrons. The summed E-state index contributed by atoms with van der Waals surface area (Å²) in [5.74, 6) is 0.0717. The number of carbonyl (C=O) groups excluding carboxylic acids is 2. The fourth-order valence-electron chi connectivity index (χ4n) is 3.24. The molecule has 2 aromatic heterocycles. The first kappa shape index (κ1) is 17.7. The maximum Gasteiger partial charge on any atom is 0.228 e. The van der Waals surface area contributed by atoms with E-state index in [-0.39, 0.29) is 18.2 Å². The van der Waals surface area contributed by atoms with Gasteiger partial charge in [0.05, 0.1) is 29.5 Å². The van der Waals surface area contributed by atoms with Crippen molar-refractivity contribution < 1.29 is 9.59 Å². The van der Waals surface area contributed by atoms with Gasteiger partial charge in [-0.15, -0.1) is 11.3 Å². The minimum absolute atomic E-state index is 0.0462. The Morgan fingerprint density at radius 3 is 3.04 bits per heavy atom. The summed E-state index contributed by atoms with van der Waals surface area (Å²) in [5.41, 5.74) is 2.81. The van der Waals surface area contributed by atoms with Crippen LogP contribution in [0.3, 0.4) is 0 Å². The maximum absolute atomic E-state index is 12.1. The first-order valence-corrected chi connectivity index (χ1v) is 10.00. The average molecular weight is 383 g/mol. The van der Waals surface area contributed by atoms with Crippen molar-refractivity contribution in [3.05, 3.63) is 41.7 Å². The summed E-state index contributed by atoms with van der Waals surface area (Å²) in [7, 11) is 0. The van der Waals surface area contributed by atoms with Crippen LogP contribution < -0.4 is 10.2 Å². The van der Waals surface area contributed by atoms with E-state index in [0.29, 0.717) is 23.8 Å². The smallest absolute Gasteiger partial charge is 0.228 e. The van der Waals surface area contributed by atoms with Gasteiger partial charge < -0.3 is 9.88 Å². The summed E-state index contributed by atoms with van der Waals surface area (Å²) in [5, 5.41) is 5.50. The number of amides is 2. The second-order valence-corrected chi connectivity index (χ2v) is 7.41. The van der Waals surface area contributed by atoms with E-state index >= 15 is 0 Å². The van der Waals surface area contributed by atoms with E-state index in [2.05, 4.69) is 19.9 Å². The number of aryl methyl sites for hydroxylation is 1. The number of para-hydroxylation sites is 2. The highest BCUT2D eigenvalue weighted by atomic mass is 32.1. The SMILES string of the molecule is O=C(Cc1csc(N2CCCC2=O)n1)NCCCn1cnc2ccccc21. The lowest BCUT2D eigenvalue weighted by molar-refractivity contribution is -0.120. The number of hydrogen-bond donors (Lipinski definition) is 1. The van der Waals surface area contributed by atoms with E-state index in [9.17, 15) is 9.59 Å². The summed E-state index contributed by atoms with van der Waals surface area (Å²) in [6.07, 6.45) is 4.37. The third kappa shape index (κ3) is 4.00. The van der Waals surface area contributed by atoms with Gasteiger partial charge in [0.1, 0.15) is 0 Å². The number of aromatic nitrogens is 3. The molecule has 140 valence electrons. The molecule has 1 saturated heterocycles. The van der Waals surface area contributed by atoms with Crippen LogP contribution in [0.15, 0.2) is 36.0 Å². The number of benzene rings is 1. The van der Waals surface area contributed by atoms with Gasteiger partial charge in [0.25, 0.3) is 0 Å². The molecule has 1 N–H and O–H groups in total. The van der Waals surface area contributed by atoms with Crippen molar-refractivity contribution in [2.75, 3.05) is 18.0 Å². The molecule has 27 heavy (non-hydrogen) atoms. The number of nitrogens with one attached hydrogen (secondary N) is 1. The molecule has 0 unspecified atom stereocenters. The Morgan fingerprint density at radius 2 is 2.19 bits per heavy atom. The predicted octanol–water partition coefficient (Wildman–Crippen LogP) is 2.37. The molecule has 0 spiro atoms. The van der Waals surface area contributed by atoms with E-state index in [4.69, 9.17) is 0 Å². The number of fused-ring (bicyclic) bond motifs is 1. The lowest BCUT2D eigenvalue weighted by Crippen LogP contribution is -2.27. The molecular formula is C19H21N5O2S. The molecule has 7 nitrogen and oxygen atoms in total. The summed E-state index contributed by atoms with van der Waals surface area (Å²) >= 11 is 1.42. The lowest BCUT2D eigenvalue weighted by atomic mass is 10.3. The number of rotatable bonds is 7. The molecule has 4 rings (SSSR count). The Labute approximate surface area is 161 Å². The fourth-order valence-corrected chi connectivity index (χ4v) is 4.11. The van der Waals surface area contributed by atoms with Crippen molar-refractivity contribution in [2.24, 2.45) is 0 Å². The Kier molecular flexibility index (Phi) is 5.15. The molecule has 1 aliphatic rings. The van der Waals surface area contributed by atoms with Gasteiger partial charge in [0, 0.05) is 31.4 Å². The summed E-state index contributed by atoms with van der Waals surface area (Å²) in [6, 6.07) is 8.01. The highest BCUT2D eigenvalue weighted by Crippen LogP contribution is 2.25. The van der Waals surface area contributed by atoms with Crippen molar-refractivity contribution in [2.45, 2.75) is 32.2 Å². The molecule has 0 saturated carbocycles. The molecule has 1 aromatic carbocycles. The quantitative estimate of drug-likeness (QED) is 0.635. The van der Waals surface area contributed by atoms with Crippen LogP contribution >= 0.6 is 11.3 Å². The molecule has 2 amide bonds. The van der Waals surface area contributed by atoms with Gasteiger partial charge in [0.2, 0.25) is 11.8 Å². The third-order valence-electron chi connectivity index (χ3n) is 4.61. The maximum atomic E-state index is 12.1. The molecule has 3 aromatic rings. The van der Waals surface area contributed by atoms with Crippen LogP contribution in [0.25, 0.3) is 11.0 Å². The van der Waals surface area contributed by atoms with E-state index in [1.54, 1.807) is 4.90 Å². The van der Waals surface area contributed by atoms with Crippen LogP contribution in [-0.4, -0.2) is 39.4 Å². The van der Waals surface area contributed by atoms with Crippen LogP contribution in [0.4, 0.5) is 5.13 Å². The van der Waals surface area contributed by atoms with Crippen molar-refractivity contribution in [3.63, 3.8) is 0 Å². The molecule has 3 heterocycles. The second-order valence-electron chi connectivity index (χ2n) is 6.58. The molecule has 0 aliphatic carbocycles. The van der Waals surface area contributed by atoms with Gasteiger partial charge in [0.15, 0.2) is 5.13 Å². The van der Waals surface area contributed by atoms with Crippen LogP contribution in [-0.2, 0) is 22.6 Å². The Balaban J connectivity index is 1.23. The normalized spacial score (nSPS) is 14.2. The standard InChI is InChI=1S/C19H21N5O2S/c25-17(11-14-12-27-19(22-14)24-10-3-7-18(24)26)20-8-4-9-23-13-21-15-5-1-2-6-16(15)23/h1-2,5-6,12-13H,3-4,7-11H2,(H,20,25). The van der Waals surface area contributed by atoms with Crippen molar-refractivity contribution >= 4 is 39.3 Å². The minimum atomic E-state index is -0.0462. The summed E-state index contributed by atoms with van der Waals surface area (Å²) in [4.78, 5) is 34.4. The number of anilines is 1. The van der Waals surface area contributed by atoms with Gasteiger partial charge in [-0.3, -0.25) is 14.5 Å². The number of hydrogen-bond acceptors (Lipinski definition) is 5. The number of carbonyl (C=O) groups is 2. The number of nitrogens with zero attached hydrogens (tertiary/aromatic N) is 4. The van der Waals surface area contributed by atoms with Crippen LogP contribution in [0.2, 0.25) is 0 Å². The van der Waals surface area contributed by atoms with E-state index in [0.717, 1.165) is 37.0 Å². The second kappa shape index (κ2) is 7.87. The number of imidazole rings is 1. The topological polar surface area (TPSA) is 80.1 Å².